The van der Waals surface area contributed by atoms with Gasteiger partial charge in [0.1, 0.15) is 5.01 Å². The van der Waals surface area contributed by atoms with Crippen molar-refractivity contribution < 1.29 is 0 Å². The molecular formula is C11H13IN4S. The van der Waals surface area contributed by atoms with Crippen molar-refractivity contribution in [2.45, 2.75) is 6.54 Å². The van der Waals surface area contributed by atoms with E-state index in [-0.39, 0.29) is 29.9 Å². The first-order valence-electron chi connectivity index (χ1n) is 4.81. The number of rotatable bonds is 3. The number of aromatic nitrogens is 1. The highest BCUT2D eigenvalue weighted by Crippen LogP contribution is 2.23. The van der Waals surface area contributed by atoms with Crippen LogP contribution in [-0.4, -0.2) is 10.9 Å². The Hall–Kier alpha value is -1.15. The Balaban J connectivity index is 0.00000144. The number of nitrogens with two attached hydrogens (primary N) is 2. The molecule has 0 aliphatic rings. The summed E-state index contributed by atoms with van der Waals surface area (Å²) in [6.07, 6.45) is 0. The van der Waals surface area contributed by atoms with E-state index >= 15 is 0 Å². The van der Waals surface area contributed by atoms with Crippen LogP contribution in [0.25, 0.3) is 10.6 Å². The van der Waals surface area contributed by atoms with Gasteiger partial charge in [0.05, 0.1) is 12.2 Å². The average Bonchev–Trinajstić information content (AvgIpc) is 2.76. The topological polar surface area (TPSA) is 77.3 Å². The molecule has 0 unspecified atom stereocenters. The Morgan fingerprint density at radius 3 is 2.59 bits per heavy atom. The van der Waals surface area contributed by atoms with E-state index in [0.717, 1.165) is 16.3 Å². The first kappa shape index (κ1) is 13.9. The molecule has 4 nitrogen and oxygen atoms in total. The van der Waals surface area contributed by atoms with Gasteiger partial charge in [-0.05, 0) is 0 Å². The van der Waals surface area contributed by atoms with Crippen LogP contribution in [0, 0.1) is 0 Å². The monoisotopic (exact) mass is 360 g/mol. The molecule has 0 radical (unpaired) electrons. The summed E-state index contributed by atoms with van der Waals surface area (Å²) in [5, 5.41) is 2.95. The molecule has 4 N–H and O–H groups in total. The molecule has 0 spiro atoms. The molecule has 1 heterocycles. The zero-order valence-electron chi connectivity index (χ0n) is 9.04. The molecule has 0 aliphatic carbocycles. The summed E-state index contributed by atoms with van der Waals surface area (Å²) >= 11 is 1.59. The molecule has 6 heteroatoms. The average molecular weight is 360 g/mol. The lowest BCUT2D eigenvalue weighted by Gasteiger charge is -1.94. The van der Waals surface area contributed by atoms with Crippen molar-refractivity contribution in [3.63, 3.8) is 0 Å². The van der Waals surface area contributed by atoms with Crippen LogP contribution in [-0.2, 0) is 6.54 Å². The standard InChI is InChI=1S/C11H12N4S.HI/c12-11(13)14-6-9-7-16-10(15-9)8-4-2-1-3-5-8;/h1-5,7H,6H2,(H4,12,13,14);1H. The maximum absolute atomic E-state index is 5.26. The second-order valence-corrected chi connectivity index (χ2v) is 4.11. The third-order valence-corrected chi connectivity index (χ3v) is 2.94. The second-order valence-electron chi connectivity index (χ2n) is 3.25. The predicted molar refractivity (Wildman–Crippen MR) is 82.5 cm³/mol. The first-order chi connectivity index (χ1) is 7.75. The Labute approximate surface area is 121 Å². The van der Waals surface area contributed by atoms with Crippen LogP contribution in [0.4, 0.5) is 0 Å². The van der Waals surface area contributed by atoms with Crippen molar-refractivity contribution in [2.75, 3.05) is 0 Å². The Morgan fingerprint density at radius 2 is 1.94 bits per heavy atom. The van der Waals surface area contributed by atoms with Crippen LogP contribution in [0.2, 0.25) is 0 Å². The zero-order valence-corrected chi connectivity index (χ0v) is 12.2. The lowest BCUT2D eigenvalue weighted by atomic mass is 10.2. The summed E-state index contributed by atoms with van der Waals surface area (Å²) in [5.41, 5.74) is 12.5. The number of halogens is 1. The Bertz CT molecular complexity index is 491. The molecule has 2 aromatic rings. The molecule has 0 saturated carbocycles. The molecule has 0 aliphatic heterocycles. The fourth-order valence-electron chi connectivity index (χ4n) is 1.27. The molecule has 1 aromatic heterocycles. The van der Waals surface area contributed by atoms with Gasteiger partial charge in [-0.3, -0.25) is 0 Å². The van der Waals surface area contributed by atoms with E-state index < -0.39 is 0 Å². The highest BCUT2D eigenvalue weighted by atomic mass is 127. The van der Waals surface area contributed by atoms with Gasteiger partial charge in [-0.1, -0.05) is 30.3 Å². The zero-order chi connectivity index (χ0) is 11.4. The van der Waals surface area contributed by atoms with Crippen molar-refractivity contribution in [1.29, 1.82) is 0 Å². The summed E-state index contributed by atoms with van der Waals surface area (Å²) in [6.45, 7) is 0.436. The van der Waals surface area contributed by atoms with Crippen LogP contribution in [0.3, 0.4) is 0 Å². The number of hydrogen-bond donors (Lipinski definition) is 2. The molecule has 0 fully saturated rings. The van der Waals surface area contributed by atoms with E-state index in [4.69, 9.17) is 11.5 Å². The second kappa shape index (κ2) is 6.55. The largest absolute Gasteiger partial charge is 0.370 e. The molecule has 0 saturated heterocycles. The van der Waals surface area contributed by atoms with Crippen LogP contribution in [0.5, 0.6) is 0 Å². The van der Waals surface area contributed by atoms with Crippen LogP contribution in [0.15, 0.2) is 40.7 Å². The van der Waals surface area contributed by atoms with E-state index in [1.807, 2.05) is 35.7 Å². The fourth-order valence-corrected chi connectivity index (χ4v) is 2.08. The van der Waals surface area contributed by atoms with E-state index in [1.54, 1.807) is 11.3 Å². The van der Waals surface area contributed by atoms with Crippen LogP contribution < -0.4 is 11.5 Å². The third-order valence-electron chi connectivity index (χ3n) is 2.00. The quantitative estimate of drug-likeness (QED) is 0.501. The number of hydrogen-bond acceptors (Lipinski definition) is 3. The molecule has 0 amide bonds. The molecule has 0 atom stereocenters. The maximum Gasteiger partial charge on any atom is 0.186 e. The van der Waals surface area contributed by atoms with E-state index in [0.29, 0.717) is 6.54 Å². The molecule has 17 heavy (non-hydrogen) atoms. The van der Waals surface area contributed by atoms with Gasteiger partial charge in [0.15, 0.2) is 5.96 Å². The summed E-state index contributed by atoms with van der Waals surface area (Å²) in [4.78, 5) is 8.37. The number of benzene rings is 1. The van der Waals surface area contributed by atoms with Crippen molar-refractivity contribution in [1.82, 2.24) is 4.98 Å². The summed E-state index contributed by atoms with van der Waals surface area (Å²) < 4.78 is 0. The number of nitrogens with zero attached hydrogens (tertiary/aromatic N) is 2. The van der Waals surface area contributed by atoms with Crippen molar-refractivity contribution >= 4 is 41.3 Å². The van der Waals surface area contributed by atoms with Gasteiger partial charge >= 0.3 is 0 Å². The van der Waals surface area contributed by atoms with Gasteiger partial charge in [-0.2, -0.15) is 0 Å². The van der Waals surface area contributed by atoms with Crippen molar-refractivity contribution in [2.24, 2.45) is 16.5 Å². The minimum absolute atomic E-state index is 0. The lowest BCUT2D eigenvalue weighted by Crippen LogP contribution is -2.22. The highest BCUT2D eigenvalue weighted by molar-refractivity contribution is 14.0. The SMILES string of the molecule is I.NC(N)=NCc1csc(-c2ccccc2)n1. The van der Waals surface area contributed by atoms with E-state index in [1.165, 1.54) is 0 Å². The van der Waals surface area contributed by atoms with E-state index in [9.17, 15) is 0 Å². The summed E-state index contributed by atoms with van der Waals surface area (Å²) in [7, 11) is 0. The van der Waals surface area contributed by atoms with Gasteiger partial charge < -0.3 is 11.5 Å². The van der Waals surface area contributed by atoms with Gasteiger partial charge in [-0.15, -0.1) is 35.3 Å². The predicted octanol–water partition coefficient (Wildman–Crippen LogP) is 2.20. The van der Waals surface area contributed by atoms with Crippen LogP contribution >= 0.6 is 35.3 Å². The fraction of sp³-hybridized carbons (Fsp3) is 0.0909. The first-order valence-corrected chi connectivity index (χ1v) is 5.69. The minimum atomic E-state index is 0. The highest BCUT2D eigenvalue weighted by Gasteiger charge is 2.03. The summed E-state index contributed by atoms with van der Waals surface area (Å²) in [5.74, 6) is 0.0919. The minimum Gasteiger partial charge on any atom is -0.370 e. The van der Waals surface area contributed by atoms with Gasteiger partial charge in [0, 0.05) is 10.9 Å². The molecule has 1 aromatic carbocycles. The Kier molecular flexibility index (Phi) is 5.36. The summed E-state index contributed by atoms with van der Waals surface area (Å²) in [6, 6.07) is 10.0. The molecule has 2 rings (SSSR count). The van der Waals surface area contributed by atoms with Gasteiger partial charge in [0.25, 0.3) is 0 Å². The smallest absolute Gasteiger partial charge is 0.186 e. The third kappa shape index (κ3) is 3.97. The number of aliphatic imine (C=N–C) groups is 1. The van der Waals surface area contributed by atoms with Gasteiger partial charge in [0.2, 0.25) is 0 Å². The molecule has 90 valence electrons. The van der Waals surface area contributed by atoms with Gasteiger partial charge in [-0.25, -0.2) is 9.98 Å². The number of guanidine groups is 1. The van der Waals surface area contributed by atoms with E-state index in [2.05, 4.69) is 9.98 Å². The normalized spacial score (nSPS) is 9.41. The molecular weight excluding hydrogens is 347 g/mol. The molecule has 0 bridgehead atoms. The Morgan fingerprint density at radius 1 is 1.24 bits per heavy atom. The van der Waals surface area contributed by atoms with Crippen molar-refractivity contribution in [3.8, 4) is 10.6 Å². The number of thiazole rings is 1. The lowest BCUT2D eigenvalue weighted by molar-refractivity contribution is 1.00. The maximum atomic E-state index is 5.26. The van der Waals surface area contributed by atoms with Crippen LogP contribution in [0.1, 0.15) is 5.69 Å². The van der Waals surface area contributed by atoms with Crippen molar-refractivity contribution in [3.05, 3.63) is 41.4 Å².